The number of ether oxygens (including phenoxy) is 1. The van der Waals surface area contributed by atoms with Crippen molar-refractivity contribution in [1.29, 1.82) is 0 Å². The minimum atomic E-state index is -2.43. The predicted molar refractivity (Wildman–Crippen MR) is 81.5 cm³/mol. The third kappa shape index (κ3) is 4.75. The lowest BCUT2D eigenvalue weighted by Crippen LogP contribution is -2.14. The monoisotopic (exact) mass is 316 g/mol. The lowest BCUT2D eigenvalue weighted by Gasteiger charge is -2.10. The Hall–Kier alpha value is -1.54. The second-order valence-corrected chi connectivity index (χ2v) is 5.25. The van der Waals surface area contributed by atoms with E-state index in [1.54, 1.807) is 0 Å². The molecular weight excluding hydrogens is 298 g/mol. The molecule has 2 N–H and O–H groups in total. The maximum atomic E-state index is 12.0. The Morgan fingerprint density at radius 2 is 2.14 bits per heavy atom. The highest BCUT2D eigenvalue weighted by molar-refractivity contribution is 7.16. The molecule has 8 heteroatoms. The molecule has 0 unspecified atom stereocenters. The van der Waals surface area contributed by atoms with Crippen LogP contribution in [0.4, 0.5) is 20.5 Å². The molecule has 0 aliphatic heterocycles. The number of hydrogen-bond acceptors (Lipinski definition) is 6. The van der Waals surface area contributed by atoms with Crippen LogP contribution in [0, 0.1) is 0 Å². The van der Waals surface area contributed by atoms with Gasteiger partial charge in [-0.3, -0.25) is 0 Å². The lowest BCUT2D eigenvalue weighted by atomic mass is 10.4. The topological polar surface area (TPSA) is 59.1 Å². The van der Waals surface area contributed by atoms with Crippen LogP contribution in [0.5, 0.6) is 0 Å². The van der Waals surface area contributed by atoms with Crippen molar-refractivity contribution in [3.8, 4) is 0 Å². The summed E-state index contributed by atoms with van der Waals surface area (Å²) in [6.45, 7) is 2.95. The van der Waals surface area contributed by atoms with E-state index < -0.39 is 13.0 Å². The van der Waals surface area contributed by atoms with Crippen LogP contribution in [-0.4, -0.2) is 42.7 Å². The molecule has 2 heterocycles. The Balaban J connectivity index is 1.98. The van der Waals surface area contributed by atoms with Gasteiger partial charge in [-0.25, -0.2) is 13.8 Å². The van der Waals surface area contributed by atoms with Crippen LogP contribution >= 0.6 is 11.3 Å². The van der Waals surface area contributed by atoms with Crippen molar-refractivity contribution in [2.45, 2.75) is 19.8 Å². The molecule has 2 aromatic rings. The van der Waals surface area contributed by atoms with Crippen molar-refractivity contribution in [2.24, 2.45) is 0 Å². The summed E-state index contributed by atoms with van der Waals surface area (Å²) in [4.78, 5) is 9.73. The molecule has 21 heavy (non-hydrogen) atoms. The van der Waals surface area contributed by atoms with Gasteiger partial charge in [0.1, 0.15) is 17.3 Å². The van der Waals surface area contributed by atoms with E-state index in [2.05, 4.69) is 27.5 Å². The zero-order valence-corrected chi connectivity index (χ0v) is 12.6. The van der Waals surface area contributed by atoms with Gasteiger partial charge in [0.25, 0.3) is 6.43 Å². The molecule has 0 saturated carbocycles. The molecule has 0 fully saturated rings. The number of aromatic nitrogens is 2. The van der Waals surface area contributed by atoms with Gasteiger partial charge >= 0.3 is 0 Å². The Labute approximate surface area is 125 Å². The largest absolute Gasteiger partial charge is 0.374 e. The van der Waals surface area contributed by atoms with Gasteiger partial charge in [0.15, 0.2) is 0 Å². The quantitative estimate of drug-likeness (QED) is 0.696. The van der Waals surface area contributed by atoms with Gasteiger partial charge in [-0.15, -0.1) is 11.3 Å². The van der Waals surface area contributed by atoms with Crippen LogP contribution < -0.4 is 10.6 Å². The molecule has 2 aromatic heterocycles. The van der Waals surface area contributed by atoms with Gasteiger partial charge in [-0.05, 0) is 17.9 Å². The fourth-order valence-electron chi connectivity index (χ4n) is 1.72. The van der Waals surface area contributed by atoms with E-state index >= 15 is 0 Å². The first-order valence-electron chi connectivity index (χ1n) is 6.79. The molecule has 0 amide bonds. The summed E-state index contributed by atoms with van der Waals surface area (Å²) < 4.78 is 28.7. The van der Waals surface area contributed by atoms with Gasteiger partial charge in [0.2, 0.25) is 5.95 Å². The third-order valence-corrected chi connectivity index (χ3v) is 3.45. The number of hydrogen-bond donors (Lipinski definition) is 2. The fraction of sp³-hybridized carbons (Fsp3) is 0.538. The first-order chi connectivity index (χ1) is 10.2. The second kappa shape index (κ2) is 8.04. The molecule has 0 bridgehead atoms. The highest BCUT2D eigenvalue weighted by Crippen LogP contribution is 2.26. The number of fused-ring (bicyclic) bond motifs is 1. The van der Waals surface area contributed by atoms with Crippen LogP contribution in [-0.2, 0) is 4.74 Å². The molecule has 0 aliphatic carbocycles. The standard InChI is InChI=1S/C13H18F2N4OS/c1-2-4-17-13-18-11(9-3-7-21-12(9)19-13)16-5-6-20-8-10(14)15/h3,7,10H,2,4-6,8H2,1H3,(H2,16,17,18,19). The first-order valence-corrected chi connectivity index (χ1v) is 7.67. The van der Waals surface area contributed by atoms with Crippen molar-refractivity contribution >= 4 is 33.3 Å². The van der Waals surface area contributed by atoms with Crippen LogP contribution in [0.25, 0.3) is 10.2 Å². The number of nitrogens with zero attached hydrogens (tertiary/aromatic N) is 2. The van der Waals surface area contributed by atoms with Crippen molar-refractivity contribution < 1.29 is 13.5 Å². The molecule has 116 valence electrons. The number of anilines is 2. The molecule has 0 radical (unpaired) electrons. The van der Waals surface area contributed by atoms with Crippen LogP contribution in [0.2, 0.25) is 0 Å². The number of halogens is 2. The number of nitrogens with one attached hydrogen (secondary N) is 2. The predicted octanol–water partition coefficient (Wildman–Crippen LogP) is 3.21. The highest BCUT2D eigenvalue weighted by atomic mass is 32.1. The third-order valence-electron chi connectivity index (χ3n) is 2.64. The minimum Gasteiger partial charge on any atom is -0.374 e. The van der Waals surface area contributed by atoms with Gasteiger partial charge in [-0.1, -0.05) is 6.92 Å². The number of thiophene rings is 1. The normalized spacial score (nSPS) is 11.2. The summed E-state index contributed by atoms with van der Waals surface area (Å²) in [6.07, 6.45) is -1.45. The Bertz CT molecular complexity index is 564. The molecule has 0 aromatic carbocycles. The lowest BCUT2D eigenvalue weighted by molar-refractivity contribution is 0.0215. The maximum Gasteiger partial charge on any atom is 0.261 e. The molecule has 0 spiro atoms. The van der Waals surface area contributed by atoms with E-state index in [4.69, 9.17) is 4.74 Å². The van der Waals surface area contributed by atoms with Gasteiger partial charge in [0, 0.05) is 13.1 Å². The zero-order valence-electron chi connectivity index (χ0n) is 11.7. The average Bonchev–Trinajstić information content (AvgIpc) is 2.92. The number of alkyl halides is 2. The van der Waals surface area contributed by atoms with Crippen molar-refractivity contribution in [1.82, 2.24) is 9.97 Å². The molecule has 0 saturated heterocycles. The minimum absolute atomic E-state index is 0.206. The van der Waals surface area contributed by atoms with E-state index in [1.165, 1.54) is 11.3 Å². The SMILES string of the molecule is CCCNc1nc(NCCOCC(F)F)c2ccsc2n1. The molecule has 0 atom stereocenters. The smallest absolute Gasteiger partial charge is 0.261 e. The van der Waals surface area contributed by atoms with Gasteiger partial charge in [-0.2, -0.15) is 4.98 Å². The summed E-state index contributed by atoms with van der Waals surface area (Å²) in [5, 5.41) is 9.13. The maximum absolute atomic E-state index is 12.0. The van der Waals surface area contributed by atoms with Crippen LogP contribution in [0.3, 0.4) is 0 Å². The summed E-state index contributed by atoms with van der Waals surface area (Å²) in [6, 6.07) is 1.94. The first kappa shape index (κ1) is 15.8. The van der Waals surface area contributed by atoms with Gasteiger partial charge in [0.05, 0.1) is 12.0 Å². The molecule has 5 nitrogen and oxygen atoms in total. The van der Waals surface area contributed by atoms with Crippen LogP contribution in [0.1, 0.15) is 13.3 Å². The van der Waals surface area contributed by atoms with Crippen molar-refractivity contribution in [3.63, 3.8) is 0 Å². The molecular formula is C13H18F2N4OS. The van der Waals surface area contributed by atoms with Crippen molar-refractivity contribution in [2.75, 3.05) is 36.9 Å². The Morgan fingerprint density at radius 1 is 1.29 bits per heavy atom. The zero-order chi connectivity index (χ0) is 15.1. The Morgan fingerprint density at radius 3 is 2.90 bits per heavy atom. The Kier molecular flexibility index (Phi) is 6.06. The number of rotatable bonds is 9. The average molecular weight is 316 g/mol. The van der Waals surface area contributed by atoms with E-state index in [0.29, 0.717) is 18.3 Å². The highest BCUT2D eigenvalue weighted by Gasteiger charge is 2.08. The second-order valence-electron chi connectivity index (χ2n) is 4.35. The van der Waals surface area contributed by atoms with Crippen LogP contribution in [0.15, 0.2) is 11.4 Å². The van der Waals surface area contributed by atoms with E-state index in [9.17, 15) is 8.78 Å². The van der Waals surface area contributed by atoms with Gasteiger partial charge < -0.3 is 15.4 Å². The summed E-state index contributed by atoms with van der Waals surface area (Å²) in [5.74, 6) is 1.27. The molecule has 0 aliphatic rings. The summed E-state index contributed by atoms with van der Waals surface area (Å²) >= 11 is 1.54. The summed E-state index contributed by atoms with van der Waals surface area (Å²) in [5.41, 5.74) is 0. The van der Waals surface area contributed by atoms with Crippen molar-refractivity contribution in [3.05, 3.63) is 11.4 Å². The fourth-order valence-corrected chi connectivity index (χ4v) is 2.48. The van der Waals surface area contributed by atoms with E-state index in [-0.39, 0.29) is 6.61 Å². The van der Waals surface area contributed by atoms with E-state index in [1.807, 2.05) is 11.4 Å². The molecule has 2 rings (SSSR count). The van der Waals surface area contributed by atoms with E-state index in [0.717, 1.165) is 23.2 Å². The summed E-state index contributed by atoms with van der Waals surface area (Å²) in [7, 11) is 0.